The fraction of sp³-hybridized carbons (Fsp3) is 0.250. The Morgan fingerprint density at radius 1 is 0.760 bits per heavy atom. The number of nitrogens with zero attached hydrogens (tertiary/aromatic N) is 2. The first-order valence-corrected chi connectivity index (χ1v) is 17.4. The van der Waals surface area contributed by atoms with Crippen molar-refractivity contribution in [2.24, 2.45) is 10.9 Å². The molecule has 3 aliphatic heterocycles. The maximum Gasteiger partial charge on any atom is 0.302 e. The van der Waals surface area contributed by atoms with E-state index in [-0.39, 0.29) is 35.2 Å². The summed E-state index contributed by atoms with van der Waals surface area (Å²) in [5, 5.41) is 4.07. The highest BCUT2D eigenvalue weighted by Crippen LogP contribution is 2.61. The molecule has 1 N–H and O–H groups in total. The summed E-state index contributed by atoms with van der Waals surface area (Å²) in [6.45, 7) is 8.75. The Labute approximate surface area is 294 Å². The molecule has 50 heavy (non-hydrogen) atoms. The topological polar surface area (TPSA) is 71.0 Å². The molecule has 1 spiro atoms. The lowest BCUT2D eigenvalue weighted by molar-refractivity contribution is -0.140. The Morgan fingerprint density at radius 3 is 1.92 bits per heavy atom. The molecule has 0 aromatic heterocycles. The fourth-order valence-corrected chi connectivity index (χ4v) is 8.32. The van der Waals surface area contributed by atoms with Gasteiger partial charge in [0.15, 0.2) is 0 Å². The zero-order valence-electron chi connectivity index (χ0n) is 29.0. The van der Waals surface area contributed by atoms with Crippen molar-refractivity contribution < 1.29 is 14.3 Å². The van der Waals surface area contributed by atoms with Crippen molar-refractivity contribution in [1.29, 1.82) is 0 Å². The van der Waals surface area contributed by atoms with Gasteiger partial charge >= 0.3 is 5.97 Å². The minimum absolute atomic E-state index is 0.0871. The van der Waals surface area contributed by atoms with Gasteiger partial charge in [-0.2, -0.15) is 0 Å². The Hall–Kier alpha value is -5.33. The van der Waals surface area contributed by atoms with Crippen LogP contribution in [0.5, 0.6) is 0 Å². The SMILES string of the molecule is CC1(C)C([C@H]2[C@@H](c3ccccc3)N[C@]3(C(=O)N(Cc4ccccc4)c4ccccc43)[C@@H]2c2ccccc2)=Nc2ccccc21.CCOC(C)=O. The first kappa shape index (κ1) is 33.2. The van der Waals surface area contributed by atoms with Gasteiger partial charge in [0.25, 0.3) is 5.91 Å². The molecular weight excluding hydrogens is 619 g/mol. The summed E-state index contributed by atoms with van der Waals surface area (Å²) in [4.78, 5) is 32.5. The van der Waals surface area contributed by atoms with Crippen LogP contribution in [-0.4, -0.2) is 24.2 Å². The fourth-order valence-electron chi connectivity index (χ4n) is 8.32. The normalized spacial score (nSPS) is 22.7. The van der Waals surface area contributed by atoms with Crippen molar-refractivity contribution >= 4 is 29.0 Å². The molecule has 6 nitrogen and oxygen atoms in total. The lowest BCUT2D eigenvalue weighted by Gasteiger charge is -2.36. The number of fused-ring (bicyclic) bond motifs is 3. The minimum atomic E-state index is -0.981. The predicted molar refractivity (Wildman–Crippen MR) is 200 cm³/mol. The highest BCUT2D eigenvalue weighted by atomic mass is 16.5. The van der Waals surface area contributed by atoms with Gasteiger partial charge in [0.05, 0.1) is 18.8 Å². The Kier molecular flexibility index (Phi) is 8.98. The van der Waals surface area contributed by atoms with Crippen LogP contribution in [0.3, 0.4) is 0 Å². The zero-order chi connectivity index (χ0) is 34.9. The van der Waals surface area contributed by atoms with Gasteiger partial charge in [0, 0.05) is 47.2 Å². The molecule has 3 heterocycles. The van der Waals surface area contributed by atoms with E-state index in [9.17, 15) is 4.79 Å². The lowest BCUT2D eigenvalue weighted by Crippen LogP contribution is -2.50. The second kappa shape index (κ2) is 13.5. The molecule has 0 unspecified atom stereocenters. The minimum Gasteiger partial charge on any atom is -0.466 e. The van der Waals surface area contributed by atoms with E-state index in [0.717, 1.165) is 39.3 Å². The molecule has 5 aromatic rings. The summed E-state index contributed by atoms with van der Waals surface area (Å²) in [7, 11) is 0. The monoisotopic (exact) mass is 661 g/mol. The molecule has 5 aromatic carbocycles. The van der Waals surface area contributed by atoms with E-state index in [2.05, 4.69) is 139 Å². The number of anilines is 1. The van der Waals surface area contributed by atoms with E-state index in [1.165, 1.54) is 12.5 Å². The molecule has 1 amide bonds. The zero-order valence-corrected chi connectivity index (χ0v) is 29.0. The number of hydrogen-bond acceptors (Lipinski definition) is 5. The molecular formula is C44H43N3O3. The van der Waals surface area contributed by atoms with Crippen molar-refractivity contribution in [2.45, 2.75) is 57.2 Å². The van der Waals surface area contributed by atoms with Crippen molar-refractivity contribution in [1.82, 2.24) is 5.32 Å². The van der Waals surface area contributed by atoms with Crippen molar-refractivity contribution in [3.05, 3.63) is 167 Å². The molecule has 0 aliphatic carbocycles. The van der Waals surface area contributed by atoms with Gasteiger partial charge in [-0.05, 0) is 41.3 Å². The van der Waals surface area contributed by atoms with E-state index >= 15 is 4.79 Å². The molecule has 4 atom stereocenters. The first-order chi connectivity index (χ1) is 24.3. The van der Waals surface area contributed by atoms with E-state index < -0.39 is 5.54 Å². The van der Waals surface area contributed by atoms with Crippen LogP contribution in [0, 0.1) is 5.92 Å². The second-order valence-corrected chi connectivity index (χ2v) is 13.7. The van der Waals surface area contributed by atoms with Crippen LogP contribution < -0.4 is 10.2 Å². The van der Waals surface area contributed by atoms with Crippen LogP contribution >= 0.6 is 0 Å². The largest absolute Gasteiger partial charge is 0.466 e. The number of rotatable bonds is 6. The molecule has 1 saturated heterocycles. The van der Waals surface area contributed by atoms with Crippen molar-refractivity contribution in [3.63, 3.8) is 0 Å². The second-order valence-electron chi connectivity index (χ2n) is 13.7. The Morgan fingerprint density at radius 2 is 1.32 bits per heavy atom. The van der Waals surface area contributed by atoms with Crippen LogP contribution in [0.15, 0.2) is 145 Å². The van der Waals surface area contributed by atoms with Gasteiger partial charge in [0.2, 0.25) is 0 Å². The highest BCUT2D eigenvalue weighted by molar-refractivity contribution is 6.11. The smallest absolute Gasteiger partial charge is 0.302 e. The van der Waals surface area contributed by atoms with Crippen LogP contribution in [-0.2, 0) is 31.8 Å². The quantitative estimate of drug-likeness (QED) is 0.185. The molecule has 1 fully saturated rings. The van der Waals surface area contributed by atoms with Gasteiger partial charge < -0.3 is 9.64 Å². The van der Waals surface area contributed by atoms with Gasteiger partial charge in [-0.25, -0.2) is 0 Å². The van der Waals surface area contributed by atoms with Crippen molar-refractivity contribution in [3.8, 4) is 0 Å². The lowest BCUT2D eigenvalue weighted by atomic mass is 9.65. The first-order valence-electron chi connectivity index (χ1n) is 17.4. The van der Waals surface area contributed by atoms with Crippen LogP contribution in [0.25, 0.3) is 0 Å². The predicted octanol–water partition coefficient (Wildman–Crippen LogP) is 8.81. The molecule has 8 rings (SSSR count). The maximum atomic E-state index is 15.3. The standard InChI is InChI=1S/C40H35N3O.C4H8O2/c1-39(2)30-22-12-14-24-32(30)41-37(39)34-35(28-18-8-4-9-19-28)40(42-36(34)29-20-10-5-11-21-29)31-23-13-15-25-33(31)43(38(40)44)26-27-16-6-3-7-17-27;1-3-6-4(2)5/h3-25,34-36,42H,26H2,1-2H3;3H2,1-2H3/t34-,35-,36-,40+;/m1./s1. The third kappa shape index (κ3) is 5.63. The number of carbonyl (C=O) groups excluding carboxylic acids is 2. The number of para-hydroxylation sites is 2. The molecule has 0 bridgehead atoms. The highest BCUT2D eigenvalue weighted by Gasteiger charge is 2.66. The van der Waals surface area contributed by atoms with Crippen LogP contribution in [0.1, 0.15) is 67.5 Å². The van der Waals surface area contributed by atoms with E-state index in [0.29, 0.717) is 13.2 Å². The van der Waals surface area contributed by atoms with E-state index in [4.69, 9.17) is 4.99 Å². The van der Waals surface area contributed by atoms with Crippen LogP contribution in [0.2, 0.25) is 0 Å². The molecule has 0 radical (unpaired) electrons. The average molecular weight is 662 g/mol. The summed E-state index contributed by atoms with van der Waals surface area (Å²) in [6.07, 6.45) is 0. The molecule has 0 saturated carbocycles. The third-order valence-electron chi connectivity index (χ3n) is 10.4. The number of esters is 1. The van der Waals surface area contributed by atoms with Gasteiger partial charge in [0.1, 0.15) is 5.54 Å². The number of amides is 1. The van der Waals surface area contributed by atoms with E-state index in [1.54, 1.807) is 6.92 Å². The summed E-state index contributed by atoms with van der Waals surface area (Å²) in [6, 6.07) is 48.3. The molecule has 252 valence electrons. The number of aliphatic imine (C=N–C) groups is 1. The number of ether oxygens (including phenoxy) is 1. The van der Waals surface area contributed by atoms with Gasteiger partial charge in [-0.3, -0.25) is 19.9 Å². The maximum absolute atomic E-state index is 15.3. The third-order valence-corrected chi connectivity index (χ3v) is 10.4. The summed E-state index contributed by atoms with van der Waals surface area (Å²) in [5.74, 6) is -0.405. The Bertz CT molecular complexity index is 2030. The average Bonchev–Trinajstić information content (AvgIpc) is 3.71. The van der Waals surface area contributed by atoms with Gasteiger partial charge in [-0.1, -0.05) is 141 Å². The number of hydrogen-bond donors (Lipinski definition) is 1. The summed E-state index contributed by atoms with van der Waals surface area (Å²) >= 11 is 0. The molecule has 3 aliphatic rings. The molecule has 6 heteroatoms. The summed E-state index contributed by atoms with van der Waals surface area (Å²) in [5.41, 5.74) is 7.51. The van der Waals surface area contributed by atoms with Crippen LogP contribution in [0.4, 0.5) is 11.4 Å². The van der Waals surface area contributed by atoms with E-state index in [1.807, 2.05) is 29.2 Å². The number of carbonyl (C=O) groups is 2. The van der Waals surface area contributed by atoms with Gasteiger partial charge in [-0.15, -0.1) is 0 Å². The Balaban J connectivity index is 0.000000603. The summed E-state index contributed by atoms with van der Waals surface area (Å²) < 4.78 is 4.40. The van der Waals surface area contributed by atoms with Crippen molar-refractivity contribution in [2.75, 3.05) is 11.5 Å². The number of nitrogens with one attached hydrogen (secondary N) is 1. The number of benzene rings is 5.